The Balaban J connectivity index is 1.90. The minimum atomic E-state index is -4.10. The maximum Gasteiger partial charge on any atom is 0.258 e. The van der Waals surface area contributed by atoms with Crippen LogP contribution in [0.25, 0.3) is 0 Å². The molecule has 150 valence electrons. The number of nitrogens with one attached hydrogen (secondary N) is 1. The van der Waals surface area contributed by atoms with Gasteiger partial charge < -0.3 is 5.32 Å². The Labute approximate surface area is 159 Å². The van der Waals surface area contributed by atoms with Crippen molar-refractivity contribution in [1.82, 2.24) is 0 Å². The first kappa shape index (κ1) is 20.3. The molecule has 2 aromatic rings. The van der Waals surface area contributed by atoms with Gasteiger partial charge in [0.05, 0.1) is 27.2 Å². The third-order valence-electron chi connectivity index (χ3n) is 4.32. The Morgan fingerprint density at radius 3 is 2.29 bits per heavy atom. The summed E-state index contributed by atoms with van der Waals surface area (Å²) in [7, 11) is -7.57. The molecule has 28 heavy (non-hydrogen) atoms. The van der Waals surface area contributed by atoms with E-state index in [0.717, 1.165) is 30.3 Å². The summed E-state index contributed by atoms with van der Waals surface area (Å²) in [4.78, 5) is 11.9. The number of halogens is 3. The Morgan fingerprint density at radius 1 is 1.00 bits per heavy atom. The van der Waals surface area contributed by atoms with Crippen LogP contribution in [0.2, 0.25) is 0 Å². The lowest BCUT2D eigenvalue weighted by molar-refractivity contribution is 0.102. The zero-order valence-electron chi connectivity index (χ0n) is 14.2. The lowest BCUT2D eigenvalue weighted by Gasteiger charge is -2.12. The van der Waals surface area contributed by atoms with Gasteiger partial charge in [0, 0.05) is 11.8 Å². The first-order valence-corrected chi connectivity index (χ1v) is 11.4. The molecular formula is C17H14F3NO5S2. The van der Waals surface area contributed by atoms with Crippen LogP contribution in [0.1, 0.15) is 16.8 Å². The Morgan fingerprint density at radius 2 is 1.68 bits per heavy atom. The van der Waals surface area contributed by atoms with Gasteiger partial charge in [-0.05, 0) is 36.8 Å². The SMILES string of the molecule is O=C(Nc1ccc(F)c(F)c1)c1cc(S(=O)(=O)C2CCS(=O)(=O)C2)ccc1F. The van der Waals surface area contributed by atoms with E-state index < -0.39 is 64.5 Å². The van der Waals surface area contributed by atoms with Gasteiger partial charge in [0.1, 0.15) is 5.82 Å². The van der Waals surface area contributed by atoms with Crippen LogP contribution in [0.15, 0.2) is 41.3 Å². The average Bonchev–Trinajstić information content (AvgIpc) is 2.99. The molecule has 1 fully saturated rings. The predicted molar refractivity (Wildman–Crippen MR) is 95.0 cm³/mol. The monoisotopic (exact) mass is 433 g/mol. The fourth-order valence-corrected chi connectivity index (χ4v) is 7.21. The Bertz CT molecular complexity index is 1160. The van der Waals surface area contributed by atoms with Gasteiger partial charge in [-0.3, -0.25) is 4.79 Å². The molecule has 3 rings (SSSR count). The highest BCUT2D eigenvalue weighted by molar-refractivity contribution is 7.96. The minimum Gasteiger partial charge on any atom is -0.322 e. The van der Waals surface area contributed by atoms with E-state index >= 15 is 0 Å². The summed E-state index contributed by atoms with van der Waals surface area (Å²) in [5.41, 5.74) is -0.787. The minimum absolute atomic E-state index is 0.0849. The third-order valence-corrected chi connectivity index (χ3v) is 8.49. The van der Waals surface area contributed by atoms with Crippen LogP contribution in [0, 0.1) is 17.5 Å². The van der Waals surface area contributed by atoms with Crippen molar-refractivity contribution in [3.8, 4) is 0 Å². The van der Waals surface area contributed by atoms with Gasteiger partial charge in [-0.1, -0.05) is 0 Å². The largest absolute Gasteiger partial charge is 0.322 e. The van der Waals surface area contributed by atoms with E-state index in [9.17, 15) is 34.8 Å². The molecule has 1 heterocycles. The van der Waals surface area contributed by atoms with Crippen molar-refractivity contribution < 1.29 is 34.8 Å². The third kappa shape index (κ3) is 4.04. The van der Waals surface area contributed by atoms with E-state index in [1.165, 1.54) is 0 Å². The molecule has 1 unspecified atom stereocenters. The smallest absolute Gasteiger partial charge is 0.258 e. The summed E-state index contributed by atoms with van der Waals surface area (Å²) in [5.74, 6) is -5.26. The Kier molecular flexibility index (Phi) is 5.24. The zero-order valence-corrected chi connectivity index (χ0v) is 15.8. The lowest BCUT2D eigenvalue weighted by atomic mass is 10.2. The van der Waals surface area contributed by atoms with Crippen molar-refractivity contribution in [3.05, 3.63) is 59.4 Å². The Hall–Kier alpha value is -2.40. The number of carbonyl (C=O) groups is 1. The van der Waals surface area contributed by atoms with E-state index in [1.54, 1.807) is 0 Å². The standard InChI is InChI=1S/C17H14F3NO5S2/c18-14-4-2-11(28(25,26)12-5-6-27(23,24)9-12)8-13(14)17(22)21-10-1-3-15(19)16(20)7-10/h1-4,7-8,12H,5-6,9H2,(H,21,22). The topological polar surface area (TPSA) is 97.4 Å². The van der Waals surface area contributed by atoms with Crippen molar-refractivity contribution in [3.63, 3.8) is 0 Å². The van der Waals surface area contributed by atoms with Crippen LogP contribution in [-0.2, 0) is 19.7 Å². The first-order chi connectivity index (χ1) is 13.0. The van der Waals surface area contributed by atoms with Crippen LogP contribution >= 0.6 is 0 Å². The normalized spacial score (nSPS) is 18.8. The fraction of sp³-hybridized carbons (Fsp3) is 0.235. The van der Waals surface area contributed by atoms with Crippen molar-refractivity contribution in [2.24, 2.45) is 0 Å². The second-order valence-electron chi connectivity index (χ2n) is 6.29. The van der Waals surface area contributed by atoms with E-state index in [1.807, 2.05) is 0 Å². The number of hydrogen-bond donors (Lipinski definition) is 1. The van der Waals surface area contributed by atoms with E-state index in [0.29, 0.717) is 6.07 Å². The average molecular weight is 433 g/mol. The van der Waals surface area contributed by atoms with Gasteiger partial charge in [-0.2, -0.15) is 0 Å². The molecule has 0 saturated carbocycles. The predicted octanol–water partition coefficient (Wildman–Crippen LogP) is 2.32. The number of rotatable bonds is 4. The molecule has 1 aliphatic heterocycles. The first-order valence-electron chi connectivity index (χ1n) is 8.00. The summed E-state index contributed by atoms with van der Waals surface area (Å²) >= 11 is 0. The van der Waals surface area contributed by atoms with Crippen LogP contribution in [-0.4, -0.2) is 39.5 Å². The van der Waals surface area contributed by atoms with Crippen LogP contribution in [0.5, 0.6) is 0 Å². The molecule has 1 aliphatic rings. The molecule has 0 aromatic heterocycles. The van der Waals surface area contributed by atoms with E-state index in [-0.39, 0.29) is 17.9 Å². The molecule has 0 spiro atoms. The van der Waals surface area contributed by atoms with Gasteiger partial charge in [-0.15, -0.1) is 0 Å². The second-order valence-corrected chi connectivity index (χ2v) is 10.8. The maximum absolute atomic E-state index is 14.1. The molecule has 11 heteroatoms. The number of amides is 1. The molecule has 6 nitrogen and oxygen atoms in total. The number of benzene rings is 2. The van der Waals surface area contributed by atoms with Crippen LogP contribution < -0.4 is 5.32 Å². The fourth-order valence-electron chi connectivity index (χ4n) is 2.83. The highest BCUT2D eigenvalue weighted by Gasteiger charge is 2.38. The summed E-state index contributed by atoms with van der Waals surface area (Å²) in [5, 5.41) is 0.976. The molecule has 0 radical (unpaired) electrons. The summed E-state index contributed by atoms with van der Waals surface area (Å²) in [6.45, 7) is 0. The van der Waals surface area contributed by atoms with Crippen molar-refractivity contribution >= 4 is 31.3 Å². The van der Waals surface area contributed by atoms with E-state index in [4.69, 9.17) is 0 Å². The number of hydrogen-bond acceptors (Lipinski definition) is 5. The molecular weight excluding hydrogens is 419 g/mol. The molecule has 0 bridgehead atoms. The summed E-state index contributed by atoms with van der Waals surface area (Å²) < 4.78 is 88.7. The van der Waals surface area contributed by atoms with Gasteiger partial charge in [0.15, 0.2) is 31.3 Å². The number of sulfone groups is 2. The van der Waals surface area contributed by atoms with Crippen molar-refractivity contribution in [1.29, 1.82) is 0 Å². The highest BCUT2D eigenvalue weighted by atomic mass is 32.2. The molecule has 1 atom stereocenters. The van der Waals surface area contributed by atoms with Gasteiger partial charge in [-0.25, -0.2) is 30.0 Å². The van der Waals surface area contributed by atoms with Gasteiger partial charge >= 0.3 is 0 Å². The van der Waals surface area contributed by atoms with Gasteiger partial charge in [0.2, 0.25) is 0 Å². The van der Waals surface area contributed by atoms with Crippen LogP contribution in [0.3, 0.4) is 0 Å². The molecule has 0 aliphatic carbocycles. The van der Waals surface area contributed by atoms with Gasteiger partial charge in [0.25, 0.3) is 5.91 Å². The maximum atomic E-state index is 14.1. The number of carbonyl (C=O) groups excluding carboxylic acids is 1. The summed E-state index contributed by atoms with van der Waals surface area (Å²) in [6.07, 6.45) is -0.0849. The molecule has 2 aromatic carbocycles. The quantitative estimate of drug-likeness (QED) is 0.747. The van der Waals surface area contributed by atoms with Crippen LogP contribution in [0.4, 0.5) is 18.9 Å². The van der Waals surface area contributed by atoms with Crippen molar-refractivity contribution in [2.45, 2.75) is 16.6 Å². The van der Waals surface area contributed by atoms with E-state index in [2.05, 4.69) is 5.32 Å². The number of anilines is 1. The molecule has 1 N–H and O–H groups in total. The second kappa shape index (κ2) is 7.21. The lowest BCUT2D eigenvalue weighted by Crippen LogP contribution is -2.23. The highest BCUT2D eigenvalue weighted by Crippen LogP contribution is 2.27. The zero-order chi connectivity index (χ0) is 20.7. The van der Waals surface area contributed by atoms with Crippen molar-refractivity contribution in [2.75, 3.05) is 16.8 Å². The summed E-state index contributed by atoms with van der Waals surface area (Å²) in [6, 6.07) is 5.03. The molecule has 1 saturated heterocycles. The molecule has 1 amide bonds.